The number of rotatable bonds is 15. The van der Waals surface area contributed by atoms with E-state index in [0.717, 1.165) is 24.8 Å². The van der Waals surface area contributed by atoms with Gasteiger partial charge in [-0.1, -0.05) is 81.0 Å². The van der Waals surface area contributed by atoms with Crippen molar-refractivity contribution in [1.29, 1.82) is 0 Å². The van der Waals surface area contributed by atoms with Crippen molar-refractivity contribution in [3.05, 3.63) is 119 Å². The van der Waals surface area contributed by atoms with Crippen LogP contribution in [-0.2, 0) is 22.4 Å². The summed E-state index contributed by atoms with van der Waals surface area (Å²) in [5, 5.41) is 0. The van der Waals surface area contributed by atoms with Crippen molar-refractivity contribution in [2.24, 2.45) is 0 Å². The third kappa shape index (κ3) is 8.70. The fourth-order valence-electron chi connectivity index (χ4n) is 4.86. The largest absolute Gasteiger partial charge is 0.289 e. The van der Waals surface area contributed by atoms with Crippen LogP contribution in [0.1, 0.15) is 78.4 Å². The van der Waals surface area contributed by atoms with Crippen LogP contribution in [0.25, 0.3) is 6.08 Å². The molecule has 0 spiro atoms. The number of allylic oxidation sites excluding steroid dienone is 1. The van der Waals surface area contributed by atoms with Crippen molar-refractivity contribution in [3.8, 4) is 0 Å². The monoisotopic (exact) mass is 537 g/mol. The van der Waals surface area contributed by atoms with E-state index in [1.807, 2.05) is 36.4 Å². The van der Waals surface area contributed by atoms with Gasteiger partial charge in [0.2, 0.25) is 0 Å². The summed E-state index contributed by atoms with van der Waals surface area (Å²) in [4.78, 5) is 37.0. The van der Waals surface area contributed by atoms with Gasteiger partial charge in [-0.05, 0) is 84.8 Å². The Balaban J connectivity index is 1.02. The maximum atomic E-state index is 13.0. The topological polar surface area (TPSA) is 54.5 Å². The summed E-state index contributed by atoms with van der Waals surface area (Å²) in [6.45, 7) is 0. The SMILES string of the molecule is O=C(/C=C/c1ccc(CCCCCCCCCCc2ccc(N3C(=O)C=CC3=O)cc2)cc1)c1ccc(F)cc1. The van der Waals surface area contributed by atoms with Gasteiger partial charge in [-0.2, -0.15) is 0 Å². The van der Waals surface area contributed by atoms with Crippen molar-refractivity contribution in [1.82, 2.24) is 0 Å². The molecule has 206 valence electrons. The third-order valence-corrected chi connectivity index (χ3v) is 7.22. The average molecular weight is 538 g/mol. The molecule has 0 saturated heterocycles. The van der Waals surface area contributed by atoms with Crippen molar-refractivity contribution in [2.45, 2.75) is 64.2 Å². The maximum Gasteiger partial charge on any atom is 0.258 e. The van der Waals surface area contributed by atoms with Crippen molar-refractivity contribution in [2.75, 3.05) is 4.90 Å². The van der Waals surface area contributed by atoms with E-state index in [1.54, 1.807) is 6.08 Å². The van der Waals surface area contributed by atoms with E-state index in [0.29, 0.717) is 11.3 Å². The first kappa shape index (κ1) is 28.9. The van der Waals surface area contributed by atoms with E-state index in [4.69, 9.17) is 0 Å². The Morgan fingerprint density at radius 3 is 1.62 bits per heavy atom. The molecule has 1 heterocycles. The highest BCUT2D eigenvalue weighted by molar-refractivity contribution is 6.28. The molecule has 4 rings (SSSR count). The maximum absolute atomic E-state index is 13.0. The Labute approximate surface area is 236 Å². The number of halogens is 1. The van der Waals surface area contributed by atoms with Crippen LogP contribution >= 0.6 is 0 Å². The van der Waals surface area contributed by atoms with Gasteiger partial charge >= 0.3 is 0 Å². The minimum atomic E-state index is -0.347. The zero-order chi connectivity index (χ0) is 28.2. The molecular formula is C35H36FNO3. The fraction of sp³-hybridized carbons (Fsp3) is 0.286. The predicted octanol–water partition coefficient (Wildman–Crippen LogP) is 8.06. The number of carbonyl (C=O) groups is 3. The summed E-state index contributed by atoms with van der Waals surface area (Å²) < 4.78 is 13.0. The number of benzene rings is 3. The van der Waals surface area contributed by atoms with Gasteiger partial charge in [0.15, 0.2) is 5.78 Å². The van der Waals surface area contributed by atoms with E-state index in [-0.39, 0.29) is 23.4 Å². The molecule has 0 saturated carbocycles. The van der Waals surface area contributed by atoms with Crippen molar-refractivity contribution < 1.29 is 18.8 Å². The lowest BCUT2D eigenvalue weighted by Gasteiger charge is -2.14. The molecule has 1 aliphatic heterocycles. The van der Waals surface area contributed by atoms with Crippen LogP contribution in [0.3, 0.4) is 0 Å². The molecule has 0 N–H and O–H groups in total. The van der Waals surface area contributed by atoms with Gasteiger partial charge in [-0.25, -0.2) is 9.29 Å². The second kappa shape index (κ2) is 14.9. The molecule has 0 radical (unpaired) electrons. The lowest BCUT2D eigenvalue weighted by molar-refractivity contribution is -0.119. The van der Waals surface area contributed by atoms with Gasteiger partial charge in [0, 0.05) is 17.7 Å². The normalized spacial score (nSPS) is 13.1. The zero-order valence-corrected chi connectivity index (χ0v) is 22.9. The Bertz CT molecular complexity index is 1320. The van der Waals surface area contributed by atoms with Gasteiger partial charge in [0.25, 0.3) is 11.8 Å². The molecule has 5 heteroatoms. The number of amides is 2. The number of carbonyl (C=O) groups excluding carboxylic acids is 3. The Hall–Kier alpha value is -4.12. The Kier molecular flexibility index (Phi) is 10.7. The summed E-state index contributed by atoms with van der Waals surface area (Å²) in [7, 11) is 0. The van der Waals surface area contributed by atoms with Crippen LogP contribution in [0.15, 0.2) is 91.0 Å². The highest BCUT2D eigenvalue weighted by atomic mass is 19.1. The molecule has 0 aromatic heterocycles. The van der Waals surface area contributed by atoms with E-state index >= 15 is 0 Å². The summed E-state index contributed by atoms with van der Waals surface area (Å²) in [5.41, 5.74) is 4.63. The van der Waals surface area contributed by atoms with Crippen LogP contribution in [-0.4, -0.2) is 17.6 Å². The average Bonchev–Trinajstić information content (AvgIpc) is 3.31. The Morgan fingerprint density at radius 1 is 0.625 bits per heavy atom. The first-order chi connectivity index (χ1) is 19.5. The number of unbranched alkanes of at least 4 members (excludes halogenated alkanes) is 7. The van der Waals surface area contributed by atoms with Crippen molar-refractivity contribution >= 4 is 29.4 Å². The summed E-state index contributed by atoms with van der Waals surface area (Å²) >= 11 is 0. The number of ketones is 1. The van der Waals surface area contributed by atoms with Gasteiger partial charge < -0.3 is 0 Å². The van der Waals surface area contributed by atoms with Crippen molar-refractivity contribution in [3.63, 3.8) is 0 Å². The third-order valence-electron chi connectivity index (χ3n) is 7.22. The lowest BCUT2D eigenvalue weighted by atomic mass is 10.0. The first-order valence-electron chi connectivity index (χ1n) is 14.2. The molecule has 0 bridgehead atoms. The fourth-order valence-corrected chi connectivity index (χ4v) is 4.86. The quantitative estimate of drug-likeness (QED) is 0.0853. The van der Waals surface area contributed by atoms with E-state index < -0.39 is 0 Å². The summed E-state index contributed by atoms with van der Waals surface area (Å²) in [6, 6.07) is 21.6. The van der Waals surface area contributed by atoms with Crippen LogP contribution in [0.5, 0.6) is 0 Å². The second-order valence-electron chi connectivity index (χ2n) is 10.3. The van der Waals surface area contributed by atoms with Gasteiger partial charge in [0.05, 0.1) is 5.69 Å². The zero-order valence-electron chi connectivity index (χ0n) is 22.9. The summed E-state index contributed by atoms with van der Waals surface area (Å²) in [5.74, 6) is -1.04. The minimum absolute atomic E-state index is 0.135. The van der Waals surface area contributed by atoms with Gasteiger partial charge in [0.1, 0.15) is 5.82 Å². The van der Waals surface area contributed by atoms with Gasteiger partial charge in [-0.3, -0.25) is 14.4 Å². The van der Waals surface area contributed by atoms with Crippen LogP contribution in [0, 0.1) is 5.82 Å². The van der Waals surface area contributed by atoms with Crippen LogP contribution < -0.4 is 4.90 Å². The first-order valence-corrected chi connectivity index (χ1v) is 14.2. The number of aryl methyl sites for hydroxylation is 2. The lowest BCUT2D eigenvalue weighted by Crippen LogP contribution is -2.29. The highest BCUT2D eigenvalue weighted by Gasteiger charge is 2.24. The second-order valence-corrected chi connectivity index (χ2v) is 10.3. The predicted molar refractivity (Wildman–Crippen MR) is 159 cm³/mol. The van der Waals surface area contributed by atoms with Gasteiger partial charge in [-0.15, -0.1) is 0 Å². The smallest absolute Gasteiger partial charge is 0.258 e. The number of nitrogens with zero attached hydrogens (tertiary/aromatic N) is 1. The number of hydrogen-bond donors (Lipinski definition) is 0. The van der Waals surface area contributed by atoms with Crippen LogP contribution in [0.4, 0.5) is 10.1 Å². The highest BCUT2D eigenvalue weighted by Crippen LogP contribution is 2.21. The molecule has 3 aromatic rings. The molecule has 0 fully saturated rings. The number of hydrogen-bond acceptors (Lipinski definition) is 3. The minimum Gasteiger partial charge on any atom is -0.289 e. The number of imide groups is 1. The van der Waals surface area contributed by atoms with E-state index in [1.165, 1.54) is 103 Å². The molecule has 0 aliphatic carbocycles. The Morgan fingerprint density at radius 2 is 1.10 bits per heavy atom. The molecule has 1 aliphatic rings. The molecule has 2 amide bonds. The molecule has 40 heavy (non-hydrogen) atoms. The molecule has 0 unspecified atom stereocenters. The molecular weight excluding hydrogens is 501 g/mol. The molecule has 4 nitrogen and oxygen atoms in total. The number of anilines is 1. The van der Waals surface area contributed by atoms with Crippen LogP contribution in [0.2, 0.25) is 0 Å². The van der Waals surface area contributed by atoms with E-state index in [2.05, 4.69) is 12.1 Å². The molecule has 0 atom stereocenters. The van der Waals surface area contributed by atoms with E-state index in [9.17, 15) is 18.8 Å². The standard InChI is InChI=1S/C35H36FNO3/c36-31-20-18-30(19-21-31)33(38)24-17-29-13-11-27(12-14-29)9-7-5-3-1-2-4-6-8-10-28-15-22-32(23-16-28)37-34(39)25-26-35(37)40/h11-26H,1-10H2/b24-17+. The summed E-state index contributed by atoms with van der Waals surface area (Å²) in [6.07, 6.45) is 17.8. The molecule has 3 aromatic carbocycles.